The average Bonchev–Trinajstić information content (AvgIpc) is 2.42. The molecule has 2 aromatic carbocycles. The molecule has 3 nitrogen and oxygen atoms in total. The van der Waals surface area contributed by atoms with Gasteiger partial charge in [-0.15, -0.1) is 0 Å². The number of para-hydroxylation sites is 1. The van der Waals surface area contributed by atoms with E-state index in [-0.39, 0.29) is 10.9 Å². The number of nitrogens with zero attached hydrogens (tertiary/aromatic N) is 2. The first kappa shape index (κ1) is 12.8. The molecule has 0 saturated heterocycles. The molecule has 3 aromatic rings. The van der Waals surface area contributed by atoms with Crippen LogP contribution in [-0.2, 0) is 0 Å². The van der Waals surface area contributed by atoms with Crippen LogP contribution in [0, 0.1) is 12.7 Å². The second kappa shape index (κ2) is 4.72. The molecule has 0 unspecified atom stereocenters. The summed E-state index contributed by atoms with van der Waals surface area (Å²) in [5.74, 6) is 0.0353. The smallest absolute Gasteiger partial charge is 0.266 e. The Labute approximate surface area is 119 Å². The van der Waals surface area contributed by atoms with Crippen LogP contribution in [0.1, 0.15) is 5.82 Å². The lowest BCUT2D eigenvalue weighted by Gasteiger charge is -2.12. The number of fused-ring (bicyclic) bond motifs is 1. The minimum atomic E-state index is -0.467. The van der Waals surface area contributed by atoms with E-state index >= 15 is 0 Å². The SMILES string of the molecule is Cc1nc2ccc(F)cc2c(=O)n1-c1ccccc1Cl. The van der Waals surface area contributed by atoms with E-state index < -0.39 is 5.82 Å². The van der Waals surface area contributed by atoms with Crippen molar-refractivity contribution in [2.75, 3.05) is 0 Å². The standard InChI is InChI=1S/C15H10ClFN2O/c1-9-18-13-7-6-10(17)8-11(13)15(20)19(9)14-5-3-2-4-12(14)16/h2-8H,1H3. The minimum absolute atomic E-state index is 0.232. The monoisotopic (exact) mass is 288 g/mol. The molecule has 1 heterocycles. The zero-order valence-electron chi connectivity index (χ0n) is 10.6. The lowest BCUT2D eigenvalue weighted by Crippen LogP contribution is -2.22. The fraction of sp³-hybridized carbons (Fsp3) is 0.0667. The highest BCUT2D eigenvalue weighted by Crippen LogP contribution is 2.20. The van der Waals surface area contributed by atoms with Gasteiger partial charge in [0.15, 0.2) is 0 Å². The molecule has 0 saturated carbocycles. The van der Waals surface area contributed by atoms with Gasteiger partial charge in [-0.1, -0.05) is 23.7 Å². The second-order valence-corrected chi connectivity index (χ2v) is 4.82. The van der Waals surface area contributed by atoms with Gasteiger partial charge in [0.05, 0.1) is 21.6 Å². The molecule has 1 aromatic heterocycles. The molecule has 0 aliphatic rings. The third-order valence-electron chi connectivity index (χ3n) is 3.09. The summed E-state index contributed by atoms with van der Waals surface area (Å²) in [6.45, 7) is 1.72. The van der Waals surface area contributed by atoms with Crippen molar-refractivity contribution >= 4 is 22.5 Å². The molecule has 0 spiro atoms. The van der Waals surface area contributed by atoms with E-state index in [1.807, 2.05) is 0 Å². The maximum Gasteiger partial charge on any atom is 0.266 e. The molecular formula is C15H10ClFN2O. The van der Waals surface area contributed by atoms with Crippen molar-refractivity contribution in [1.82, 2.24) is 9.55 Å². The largest absolute Gasteiger partial charge is 0.268 e. The molecule has 3 rings (SSSR count). The number of halogens is 2. The molecule has 5 heteroatoms. The van der Waals surface area contributed by atoms with Gasteiger partial charge >= 0.3 is 0 Å². The summed E-state index contributed by atoms with van der Waals surface area (Å²) in [6.07, 6.45) is 0. The van der Waals surface area contributed by atoms with Gasteiger partial charge in [-0.2, -0.15) is 0 Å². The summed E-state index contributed by atoms with van der Waals surface area (Å²) in [5, 5.41) is 0.672. The highest BCUT2D eigenvalue weighted by Gasteiger charge is 2.12. The summed E-state index contributed by atoms with van der Waals surface area (Å²) in [7, 11) is 0. The van der Waals surface area contributed by atoms with Gasteiger partial charge in [-0.3, -0.25) is 9.36 Å². The minimum Gasteiger partial charge on any atom is -0.268 e. The number of hydrogen-bond donors (Lipinski definition) is 0. The first-order valence-electron chi connectivity index (χ1n) is 6.02. The summed E-state index contributed by atoms with van der Waals surface area (Å²) in [4.78, 5) is 16.9. The zero-order chi connectivity index (χ0) is 14.3. The van der Waals surface area contributed by atoms with Crippen molar-refractivity contribution in [3.63, 3.8) is 0 Å². The first-order valence-corrected chi connectivity index (χ1v) is 6.39. The molecule has 20 heavy (non-hydrogen) atoms. The molecule has 0 aliphatic carbocycles. The van der Waals surface area contributed by atoms with Crippen LogP contribution in [-0.4, -0.2) is 9.55 Å². The third-order valence-corrected chi connectivity index (χ3v) is 3.41. The van der Waals surface area contributed by atoms with Crippen LogP contribution in [0.3, 0.4) is 0 Å². The zero-order valence-corrected chi connectivity index (χ0v) is 11.4. The van der Waals surface area contributed by atoms with Crippen LogP contribution in [0.5, 0.6) is 0 Å². The van der Waals surface area contributed by atoms with Gasteiger partial charge in [-0.25, -0.2) is 9.37 Å². The Balaban J connectivity index is 2.43. The molecule has 0 fully saturated rings. The lowest BCUT2D eigenvalue weighted by atomic mass is 10.2. The van der Waals surface area contributed by atoms with Crippen LogP contribution < -0.4 is 5.56 Å². The molecule has 100 valence electrons. The molecular weight excluding hydrogens is 279 g/mol. The van der Waals surface area contributed by atoms with Crippen molar-refractivity contribution < 1.29 is 4.39 Å². The van der Waals surface area contributed by atoms with Gasteiger partial charge in [0.25, 0.3) is 5.56 Å². The molecule has 0 amide bonds. The fourth-order valence-corrected chi connectivity index (χ4v) is 2.41. The van der Waals surface area contributed by atoms with Crippen LogP contribution >= 0.6 is 11.6 Å². The number of rotatable bonds is 1. The van der Waals surface area contributed by atoms with E-state index in [9.17, 15) is 9.18 Å². The Morgan fingerprint density at radius 2 is 1.95 bits per heavy atom. The number of aryl methyl sites for hydroxylation is 1. The third kappa shape index (κ3) is 1.98. The molecule has 0 bridgehead atoms. The number of benzene rings is 2. The van der Waals surface area contributed by atoms with Crippen LogP contribution in [0.4, 0.5) is 4.39 Å². The normalized spacial score (nSPS) is 10.9. The van der Waals surface area contributed by atoms with E-state index in [2.05, 4.69) is 4.98 Å². The Morgan fingerprint density at radius 1 is 1.20 bits per heavy atom. The van der Waals surface area contributed by atoms with E-state index in [0.717, 1.165) is 0 Å². The van der Waals surface area contributed by atoms with Gasteiger partial charge in [0.1, 0.15) is 11.6 Å². The van der Waals surface area contributed by atoms with Gasteiger partial charge < -0.3 is 0 Å². The van der Waals surface area contributed by atoms with Crippen LogP contribution in [0.15, 0.2) is 47.3 Å². The van der Waals surface area contributed by atoms with E-state index in [4.69, 9.17) is 11.6 Å². The van der Waals surface area contributed by atoms with E-state index in [0.29, 0.717) is 22.1 Å². The van der Waals surface area contributed by atoms with Crippen molar-refractivity contribution in [2.45, 2.75) is 6.92 Å². The average molecular weight is 289 g/mol. The Hall–Kier alpha value is -2.20. The van der Waals surface area contributed by atoms with Gasteiger partial charge in [-0.05, 0) is 37.3 Å². The van der Waals surface area contributed by atoms with Crippen molar-refractivity contribution in [3.8, 4) is 5.69 Å². The predicted octanol–water partition coefficient (Wildman–Crippen LogP) is 3.49. The van der Waals surface area contributed by atoms with E-state index in [1.165, 1.54) is 22.8 Å². The predicted molar refractivity (Wildman–Crippen MR) is 77.0 cm³/mol. The maximum absolute atomic E-state index is 13.3. The summed E-state index contributed by atoms with van der Waals surface area (Å²) in [5.41, 5.74) is 0.674. The van der Waals surface area contributed by atoms with Crippen LogP contribution in [0.2, 0.25) is 5.02 Å². The highest BCUT2D eigenvalue weighted by atomic mass is 35.5. The Kier molecular flexibility index (Phi) is 3.03. The fourth-order valence-electron chi connectivity index (χ4n) is 2.19. The number of aromatic nitrogens is 2. The molecule has 0 atom stereocenters. The molecule has 0 aliphatic heterocycles. The van der Waals surface area contributed by atoms with Gasteiger partial charge in [0.2, 0.25) is 0 Å². The Morgan fingerprint density at radius 3 is 2.70 bits per heavy atom. The topological polar surface area (TPSA) is 34.9 Å². The lowest BCUT2D eigenvalue weighted by molar-refractivity contribution is 0.629. The quantitative estimate of drug-likeness (QED) is 0.687. The van der Waals surface area contributed by atoms with Crippen molar-refractivity contribution in [3.05, 3.63) is 69.5 Å². The summed E-state index contributed by atoms with van der Waals surface area (Å²) in [6, 6.07) is 11.0. The highest BCUT2D eigenvalue weighted by molar-refractivity contribution is 6.32. The summed E-state index contributed by atoms with van der Waals surface area (Å²) >= 11 is 6.12. The molecule has 0 radical (unpaired) electrons. The van der Waals surface area contributed by atoms with Crippen molar-refractivity contribution in [1.29, 1.82) is 0 Å². The number of hydrogen-bond acceptors (Lipinski definition) is 2. The van der Waals surface area contributed by atoms with Crippen molar-refractivity contribution in [2.24, 2.45) is 0 Å². The van der Waals surface area contributed by atoms with Gasteiger partial charge in [0, 0.05) is 0 Å². The maximum atomic E-state index is 13.3. The molecule has 0 N–H and O–H groups in total. The second-order valence-electron chi connectivity index (χ2n) is 4.41. The first-order chi connectivity index (χ1) is 9.58. The summed E-state index contributed by atoms with van der Waals surface area (Å²) < 4.78 is 14.7. The van der Waals surface area contributed by atoms with Crippen LogP contribution in [0.25, 0.3) is 16.6 Å². The Bertz CT molecular complexity index is 873. The van der Waals surface area contributed by atoms with E-state index in [1.54, 1.807) is 31.2 Å².